The van der Waals surface area contributed by atoms with Crippen molar-refractivity contribution < 1.29 is 14.3 Å². The third-order valence-corrected chi connectivity index (χ3v) is 4.95. The van der Waals surface area contributed by atoms with Crippen molar-refractivity contribution in [1.29, 1.82) is 0 Å². The minimum Gasteiger partial charge on any atom is -0.462 e. The highest BCUT2D eigenvalue weighted by atomic mass is 32.2. The first-order valence-corrected chi connectivity index (χ1v) is 10.1. The summed E-state index contributed by atoms with van der Waals surface area (Å²) in [5.41, 5.74) is 2.16. The van der Waals surface area contributed by atoms with Crippen LogP contribution in [0.15, 0.2) is 35.7 Å². The van der Waals surface area contributed by atoms with E-state index in [0.717, 1.165) is 23.3 Å². The number of nitrogens with one attached hydrogen (secondary N) is 1. The number of hydrogen-bond donors (Lipinski definition) is 1. The van der Waals surface area contributed by atoms with Gasteiger partial charge in [-0.2, -0.15) is 11.8 Å². The maximum Gasteiger partial charge on any atom is 0.341 e. The molecular formula is C18H21NO3S2. The summed E-state index contributed by atoms with van der Waals surface area (Å²) in [6.45, 7) is 2.07. The Hall–Kier alpha value is -1.79. The number of thioether (sulfide) groups is 1. The van der Waals surface area contributed by atoms with Crippen molar-refractivity contribution in [1.82, 2.24) is 0 Å². The number of thiophene rings is 1. The Bertz CT molecular complexity index is 683. The molecule has 24 heavy (non-hydrogen) atoms. The number of carbonyl (C=O) groups is 2. The summed E-state index contributed by atoms with van der Waals surface area (Å²) < 4.78 is 5.18. The molecule has 2 rings (SSSR count). The summed E-state index contributed by atoms with van der Waals surface area (Å²) in [6.07, 6.45) is 3.28. The van der Waals surface area contributed by atoms with Gasteiger partial charge in [-0.3, -0.25) is 4.79 Å². The summed E-state index contributed by atoms with van der Waals surface area (Å²) in [4.78, 5) is 24.5. The van der Waals surface area contributed by atoms with E-state index in [1.54, 1.807) is 18.7 Å². The van der Waals surface area contributed by atoms with Crippen molar-refractivity contribution >= 4 is 40.0 Å². The van der Waals surface area contributed by atoms with Crippen LogP contribution in [-0.2, 0) is 9.53 Å². The maximum absolute atomic E-state index is 12.4. The number of esters is 1. The van der Waals surface area contributed by atoms with Crippen LogP contribution in [0.1, 0.15) is 30.1 Å². The summed E-state index contributed by atoms with van der Waals surface area (Å²) in [5.74, 6) is 0.464. The van der Waals surface area contributed by atoms with E-state index in [1.807, 2.05) is 42.0 Å². The lowest BCUT2D eigenvalue weighted by atomic mass is 10.0. The Balaban J connectivity index is 2.26. The van der Waals surface area contributed by atoms with Gasteiger partial charge in [0.15, 0.2) is 0 Å². The first-order valence-electron chi connectivity index (χ1n) is 7.80. The second-order valence-corrected chi connectivity index (χ2v) is 6.95. The Morgan fingerprint density at radius 1 is 1.25 bits per heavy atom. The highest BCUT2D eigenvalue weighted by molar-refractivity contribution is 7.98. The molecule has 0 spiro atoms. The van der Waals surface area contributed by atoms with Crippen LogP contribution in [0, 0.1) is 0 Å². The zero-order chi connectivity index (χ0) is 17.4. The zero-order valence-corrected chi connectivity index (χ0v) is 15.5. The van der Waals surface area contributed by atoms with Gasteiger partial charge in [0.2, 0.25) is 5.91 Å². The minimum absolute atomic E-state index is 0.0731. The number of amides is 1. The van der Waals surface area contributed by atoms with Crippen molar-refractivity contribution in [3.63, 3.8) is 0 Å². The van der Waals surface area contributed by atoms with Crippen LogP contribution in [0.2, 0.25) is 0 Å². The summed E-state index contributed by atoms with van der Waals surface area (Å²) in [6, 6.07) is 9.64. The highest BCUT2D eigenvalue weighted by Crippen LogP contribution is 2.36. The van der Waals surface area contributed by atoms with Gasteiger partial charge in [0.05, 0.1) is 6.61 Å². The third-order valence-electron chi connectivity index (χ3n) is 3.36. The molecule has 1 aromatic heterocycles. The molecule has 1 N–H and O–H groups in total. The van der Waals surface area contributed by atoms with Crippen LogP contribution in [0.3, 0.4) is 0 Å². The van der Waals surface area contributed by atoms with E-state index < -0.39 is 5.97 Å². The monoisotopic (exact) mass is 363 g/mol. The van der Waals surface area contributed by atoms with Crippen molar-refractivity contribution in [2.24, 2.45) is 0 Å². The fraction of sp³-hybridized carbons (Fsp3) is 0.333. The van der Waals surface area contributed by atoms with Gasteiger partial charge in [-0.1, -0.05) is 30.3 Å². The standard InChI is InChI=1S/C18H21NO3S2/c1-3-22-18(21)16-14(13-8-5-4-6-9-13)12-24-17(16)19-15(20)10-7-11-23-2/h4-6,8-9,12H,3,7,10-11H2,1-2H3,(H,19,20). The second kappa shape index (κ2) is 9.49. The molecule has 0 saturated heterocycles. The van der Waals surface area contributed by atoms with Gasteiger partial charge < -0.3 is 10.1 Å². The molecule has 4 nitrogen and oxygen atoms in total. The summed E-state index contributed by atoms with van der Waals surface area (Å²) >= 11 is 3.07. The Morgan fingerprint density at radius 2 is 2.00 bits per heavy atom. The number of anilines is 1. The van der Waals surface area contributed by atoms with E-state index in [-0.39, 0.29) is 5.91 Å². The normalized spacial score (nSPS) is 10.4. The Morgan fingerprint density at radius 3 is 2.67 bits per heavy atom. The molecule has 0 saturated carbocycles. The van der Waals surface area contributed by atoms with E-state index in [0.29, 0.717) is 23.6 Å². The van der Waals surface area contributed by atoms with E-state index in [4.69, 9.17) is 4.74 Å². The van der Waals surface area contributed by atoms with Crippen LogP contribution in [-0.4, -0.2) is 30.5 Å². The van der Waals surface area contributed by atoms with Gasteiger partial charge >= 0.3 is 5.97 Å². The van der Waals surface area contributed by atoms with Crippen molar-refractivity contribution in [3.05, 3.63) is 41.3 Å². The Kier molecular flexibility index (Phi) is 7.34. The van der Waals surface area contributed by atoms with Gasteiger partial charge in [-0.25, -0.2) is 4.79 Å². The molecule has 0 aliphatic carbocycles. The first-order chi connectivity index (χ1) is 11.7. The molecule has 0 bridgehead atoms. The van der Waals surface area contributed by atoms with E-state index in [1.165, 1.54) is 11.3 Å². The number of carbonyl (C=O) groups excluding carboxylic acids is 2. The van der Waals surface area contributed by atoms with E-state index >= 15 is 0 Å². The fourth-order valence-corrected chi connectivity index (χ4v) is 3.66. The second-order valence-electron chi connectivity index (χ2n) is 5.08. The third kappa shape index (κ3) is 4.85. The SMILES string of the molecule is CCOC(=O)c1c(-c2ccccc2)csc1NC(=O)CCCSC. The molecule has 1 amide bonds. The average molecular weight is 364 g/mol. The lowest BCUT2D eigenvalue weighted by Gasteiger charge is -2.08. The van der Waals surface area contributed by atoms with Gasteiger partial charge in [-0.15, -0.1) is 11.3 Å². The molecule has 0 unspecified atom stereocenters. The van der Waals surface area contributed by atoms with Crippen LogP contribution < -0.4 is 5.32 Å². The number of rotatable bonds is 8. The lowest BCUT2D eigenvalue weighted by Crippen LogP contribution is -2.14. The summed E-state index contributed by atoms with van der Waals surface area (Å²) in [5, 5.41) is 5.31. The molecule has 1 aromatic carbocycles. The number of benzene rings is 1. The molecule has 1 heterocycles. The van der Waals surface area contributed by atoms with Gasteiger partial charge in [0.25, 0.3) is 0 Å². The molecule has 0 atom stereocenters. The van der Waals surface area contributed by atoms with Crippen molar-refractivity contribution in [2.45, 2.75) is 19.8 Å². The van der Waals surface area contributed by atoms with Crippen LogP contribution in [0.25, 0.3) is 11.1 Å². The van der Waals surface area contributed by atoms with Gasteiger partial charge in [0.1, 0.15) is 10.6 Å². The van der Waals surface area contributed by atoms with Crippen molar-refractivity contribution in [2.75, 3.05) is 23.9 Å². The molecule has 0 fully saturated rings. The largest absolute Gasteiger partial charge is 0.462 e. The smallest absolute Gasteiger partial charge is 0.341 e. The fourth-order valence-electron chi connectivity index (χ4n) is 2.25. The van der Waals surface area contributed by atoms with Crippen LogP contribution >= 0.6 is 23.1 Å². The van der Waals surface area contributed by atoms with E-state index in [2.05, 4.69) is 5.32 Å². The maximum atomic E-state index is 12.4. The van der Waals surface area contributed by atoms with Gasteiger partial charge in [0, 0.05) is 17.4 Å². The molecule has 0 radical (unpaired) electrons. The predicted molar refractivity (Wildman–Crippen MR) is 102 cm³/mol. The van der Waals surface area contributed by atoms with Crippen LogP contribution in [0.5, 0.6) is 0 Å². The number of ether oxygens (including phenoxy) is 1. The molecule has 0 aliphatic heterocycles. The zero-order valence-electron chi connectivity index (χ0n) is 13.8. The molecule has 6 heteroatoms. The lowest BCUT2D eigenvalue weighted by molar-refractivity contribution is -0.116. The predicted octanol–water partition coefficient (Wildman–Crippen LogP) is 4.67. The topological polar surface area (TPSA) is 55.4 Å². The Labute approximate surface area is 150 Å². The molecule has 128 valence electrons. The number of hydrogen-bond acceptors (Lipinski definition) is 5. The molecular weight excluding hydrogens is 342 g/mol. The average Bonchev–Trinajstić information content (AvgIpc) is 2.99. The van der Waals surface area contributed by atoms with Crippen LogP contribution in [0.4, 0.5) is 5.00 Å². The molecule has 2 aromatic rings. The quantitative estimate of drug-likeness (QED) is 0.547. The molecule has 0 aliphatic rings. The summed E-state index contributed by atoms with van der Waals surface area (Å²) in [7, 11) is 0. The highest BCUT2D eigenvalue weighted by Gasteiger charge is 2.22. The van der Waals surface area contributed by atoms with Crippen molar-refractivity contribution in [3.8, 4) is 11.1 Å². The first kappa shape index (κ1) is 18.5. The van der Waals surface area contributed by atoms with Gasteiger partial charge in [-0.05, 0) is 30.9 Å². The van der Waals surface area contributed by atoms with E-state index in [9.17, 15) is 9.59 Å². The minimum atomic E-state index is -0.406.